The molecule has 0 N–H and O–H groups in total. The van der Waals surface area contributed by atoms with Crippen molar-refractivity contribution in [2.45, 2.75) is 26.1 Å². The highest BCUT2D eigenvalue weighted by molar-refractivity contribution is 4.62. The molecule has 3 heteroatoms. The molecule has 0 fully saturated rings. The van der Waals surface area contributed by atoms with Crippen molar-refractivity contribution >= 4 is 0 Å². The molecule has 0 spiro atoms. The summed E-state index contributed by atoms with van der Waals surface area (Å²) in [4.78, 5) is 0. The van der Waals surface area contributed by atoms with Crippen LogP contribution in [-0.2, 0) is 4.74 Å². The van der Waals surface area contributed by atoms with E-state index in [2.05, 4.69) is 0 Å². The Morgan fingerprint density at radius 2 is 2.11 bits per heavy atom. The maximum absolute atomic E-state index is 12.2. The van der Waals surface area contributed by atoms with E-state index in [0.717, 1.165) is 0 Å². The third kappa shape index (κ3) is 3.40. The summed E-state index contributed by atoms with van der Waals surface area (Å²) in [6, 6.07) is 0. The second-order valence-electron chi connectivity index (χ2n) is 1.83. The smallest absolute Gasteiger partial charge is 0.126 e. The molecule has 1 nitrogen and oxygen atoms in total. The van der Waals surface area contributed by atoms with Crippen LogP contribution < -0.4 is 0 Å². The van der Waals surface area contributed by atoms with Crippen molar-refractivity contribution in [1.82, 2.24) is 0 Å². The van der Waals surface area contributed by atoms with E-state index in [1.165, 1.54) is 6.92 Å². The molecular formula is C6H12F2O. The average molecular weight is 138 g/mol. The van der Waals surface area contributed by atoms with Crippen LogP contribution in [0.5, 0.6) is 0 Å². The zero-order valence-electron chi connectivity index (χ0n) is 5.73. The largest absolute Gasteiger partial charge is 0.373 e. The van der Waals surface area contributed by atoms with E-state index in [4.69, 9.17) is 4.74 Å². The average Bonchev–Trinajstić information content (AvgIpc) is 1.82. The van der Waals surface area contributed by atoms with Crippen molar-refractivity contribution in [2.24, 2.45) is 0 Å². The van der Waals surface area contributed by atoms with Crippen LogP contribution in [0.3, 0.4) is 0 Å². The van der Waals surface area contributed by atoms with Crippen molar-refractivity contribution in [3.8, 4) is 0 Å². The third-order valence-corrected chi connectivity index (χ3v) is 1.05. The van der Waals surface area contributed by atoms with E-state index in [1.54, 1.807) is 6.92 Å². The maximum atomic E-state index is 12.2. The topological polar surface area (TPSA) is 9.23 Å². The number of hydrogen-bond donors (Lipinski definition) is 0. The highest BCUT2D eigenvalue weighted by atomic mass is 19.1. The number of alkyl halides is 2. The van der Waals surface area contributed by atoms with E-state index >= 15 is 0 Å². The monoisotopic (exact) mass is 138 g/mol. The third-order valence-electron chi connectivity index (χ3n) is 1.05. The Labute approximate surface area is 54.0 Å². The molecule has 0 heterocycles. The van der Waals surface area contributed by atoms with Gasteiger partial charge in [0.25, 0.3) is 0 Å². The lowest BCUT2D eigenvalue weighted by Crippen LogP contribution is -2.25. The predicted octanol–water partition coefficient (Wildman–Crippen LogP) is 1.72. The van der Waals surface area contributed by atoms with Gasteiger partial charge in [0, 0.05) is 6.61 Å². The summed E-state index contributed by atoms with van der Waals surface area (Å²) in [5.74, 6) is 0. The molecule has 0 saturated heterocycles. The fraction of sp³-hybridized carbons (Fsp3) is 1.00. The fourth-order valence-electron chi connectivity index (χ4n) is 0.514. The lowest BCUT2D eigenvalue weighted by atomic mass is 10.3. The van der Waals surface area contributed by atoms with Gasteiger partial charge in [-0.25, -0.2) is 8.78 Å². The zero-order chi connectivity index (χ0) is 7.28. The summed E-state index contributed by atoms with van der Waals surface area (Å²) in [6.07, 6.45) is -2.08. The molecule has 2 atom stereocenters. The van der Waals surface area contributed by atoms with Crippen molar-refractivity contribution in [3.05, 3.63) is 0 Å². The van der Waals surface area contributed by atoms with E-state index in [9.17, 15) is 8.78 Å². The molecule has 0 aromatic rings. The Morgan fingerprint density at radius 3 is 2.22 bits per heavy atom. The second-order valence-corrected chi connectivity index (χ2v) is 1.83. The van der Waals surface area contributed by atoms with Crippen molar-refractivity contribution in [2.75, 3.05) is 13.3 Å². The van der Waals surface area contributed by atoms with Gasteiger partial charge in [0.2, 0.25) is 0 Å². The SMILES string of the molecule is CCOC(CF)C(C)F. The predicted molar refractivity (Wildman–Crippen MR) is 32.0 cm³/mol. The molecule has 0 saturated carbocycles. The molecule has 0 rings (SSSR count). The van der Waals surface area contributed by atoms with E-state index in [1.807, 2.05) is 0 Å². The summed E-state index contributed by atoms with van der Waals surface area (Å²) in [7, 11) is 0. The van der Waals surface area contributed by atoms with Crippen molar-refractivity contribution in [1.29, 1.82) is 0 Å². The fourth-order valence-corrected chi connectivity index (χ4v) is 0.514. The first-order valence-corrected chi connectivity index (χ1v) is 3.04. The summed E-state index contributed by atoms with van der Waals surface area (Å²) in [5, 5.41) is 0. The maximum Gasteiger partial charge on any atom is 0.126 e. The molecule has 56 valence electrons. The van der Waals surface area contributed by atoms with Gasteiger partial charge in [-0.15, -0.1) is 0 Å². The lowest BCUT2D eigenvalue weighted by Gasteiger charge is -2.13. The van der Waals surface area contributed by atoms with Gasteiger partial charge in [0.1, 0.15) is 19.0 Å². The molecule has 0 bridgehead atoms. The van der Waals surface area contributed by atoms with E-state index in [0.29, 0.717) is 6.61 Å². The minimum atomic E-state index is -1.21. The molecular weight excluding hydrogens is 126 g/mol. The summed E-state index contributed by atoms with van der Waals surface area (Å²) < 4.78 is 28.6. The molecule has 0 aliphatic carbocycles. The summed E-state index contributed by atoms with van der Waals surface area (Å²) in [6.45, 7) is 2.62. The van der Waals surface area contributed by atoms with Crippen LogP contribution in [0, 0.1) is 0 Å². The molecule has 0 radical (unpaired) electrons. The standard InChI is InChI=1S/C6H12F2O/c1-3-9-6(4-7)5(2)8/h5-6H,3-4H2,1-2H3. The lowest BCUT2D eigenvalue weighted by molar-refractivity contribution is -0.00379. The van der Waals surface area contributed by atoms with Gasteiger partial charge >= 0.3 is 0 Å². The van der Waals surface area contributed by atoms with Gasteiger partial charge in [0.15, 0.2) is 0 Å². The first kappa shape index (κ1) is 8.82. The van der Waals surface area contributed by atoms with Gasteiger partial charge in [-0.1, -0.05) is 0 Å². The molecule has 2 unspecified atom stereocenters. The molecule has 0 aromatic carbocycles. The summed E-state index contributed by atoms with van der Waals surface area (Å²) >= 11 is 0. The second kappa shape index (κ2) is 4.68. The van der Waals surface area contributed by atoms with Crippen LogP contribution in [0.4, 0.5) is 8.78 Å². The van der Waals surface area contributed by atoms with E-state index < -0.39 is 19.0 Å². The minimum Gasteiger partial charge on any atom is -0.373 e. The first-order chi connectivity index (χ1) is 4.22. The van der Waals surface area contributed by atoms with Crippen molar-refractivity contribution in [3.63, 3.8) is 0 Å². The molecule has 0 aliphatic heterocycles. The molecule has 9 heavy (non-hydrogen) atoms. The van der Waals surface area contributed by atoms with Crippen LogP contribution in [0.2, 0.25) is 0 Å². The Morgan fingerprint density at radius 1 is 1.56 bits per heavy atom. The highest BCUT2D eigenvalue weighted by Crippen LogP contribution is 2.03. The Balaban J connectivity index is 3.41. The van der Waals surface area contributed by atoms with Gasteiger partial charge in [-0.3, -0.25) is 0 Å². The van der Waals surface area contributed by atoms with Crippen LogP contribution in [0.25, 0.3) is 0 Å². The van der Waals surface area contributed by atoms with Crippen molar-refractivity contribution < 1.29 is 13.5 Å². The number of halogens is 2. The minimum absolute atomic E-state index is 0.364. The van der Waals surface area contributed by atoms with Crippen LogP contribution in [0.15, 0.2) is 0 Å². The Bertz CT molecular complexity index is 66.1. The highest BCUT2D eigenvalue weighted by Gasteiger charge is 2.15. The number of ether oxygens (including phenoxy) is 1. The van der Waals surface area contributed by atoms with Gasteiger partial charge in [0.05, 0.1) is 0 Å². The zero-order valence-corrected chi connectivity index (χ0v) is 5.73. The van der Waals surface area contributed by atoms with Crippen LogP contribution in [-0.4, -0.2) is 25.6 Å². The number of hydrogen-bond acceptors (Lipinski definition) is 1. The van der Waals surface area contributed by atoms with E-state index in [-0.39, 0.29) is 0 Å². The van der Waals surface area contributed by atoms with Crippen LogP contribution in [0.1, 0.15) is 13.8 Å². The molecule has 0 aliphatic rings. The molecule has 0 aromatic heterocycles. The summed E-state index contributed by atoms with van der Waals surface area (Å²) in [5.41, 5.74) is 0. The van der Waals surface area contributed by atoms with Gasteiger partial charge in [-0.05, 0) is 13.8 Å². The van der Waals surface area contributed by atoms with Gasteiger partial charge in [-0.2, -0.15) is 0 Å². The first-order valence-electron chi connectivity index (χ1n) is 3.04. The van der Waals surface area contributed by atoms with Crippen LogP contribution >= 0.6 is 0 Å². The normalized spacial score (nSPS) is 17.3. The number of rotatable bonds is 4. The Kier molecular flexibility index (Phi) is 4.58. The van der Waals surface area contributed by atoms with Gasteiger partial charge < -0.3 is 4.74 Å². The Hall–Kier alpha value is -0.180. The molecule has 0 amide bonds. The quantitative estimate of drug-likeness (QED) is 0.574.